The minimum atomic E-state index is -0.0391. The number of aromatic nitrogens is 2. The molecule has 3 aromatic rings. The molecule has 4 rings (SSSR count). The summed E-state index contributed by atoms with van der Waals surface area (Å²) < 4.78 is 1.99. The predicted molar refractivity (Wildman–Crippen MR) is 98.5 cm³/mol. The van der Waals surface area contributed by atoms with Crippen molar-refractivity contribution < 1.29 is 4.79 Å². The minimum Gasteiger partial charge on any atom is -0.350 e. The molecule has 0 saturated carbocycles. The van der Waals surface area contributed by atoms with Crippen molar-refractivity contribution in [1.29, 1.82) is 0 Å². The number of pyridine rings is 1. The molecule has 0 fully saturated rings. The van der Waals surface area contributed by atoms with Crippen LogP contribution in [-0.2, 0) is 26.6 Å². The van der Waals surface area contributed by atoms with Crippen LogP contribution in [0.3, 0.4) is 0 Å². The second-order valence-electron chi connectivity index (χ2n) is 6.61. The lowest BCUT2D eigenvalue weighted by molar-refractivity contribution is 0.0952. The van der Waals surface area contributed by atoms with Crippen LogP contribution in [0, 0.1) is 6.92 Å². The Morgan fingerprint density at radius 2 is 2.20 bits per heavy atom. The highest BCUT2D eigenvalue weighted by Crippen LogP contribution is 2.22. The Balaban J connectivity index is 1.60. The summed E-state index contributed by atoms with van der Waals surface area (Å²) in [6.45, 7) is 4.36. The Morgan fingerprint density at radius 1 is 1.36 bits per heavy atom. The standard InChI is InChI=1S/C20H22N4O/c1-13-17(15-7-8-21-9-14(15)10-22-13)11-23-20(25)18-12-24(2)19-6-4-3-5-16(18)19/h3-6,10,12,21H,7-9,11H2,1-2H3,(H,23,25). The molecule has 0 spiro atoms. The van der Waals surface area contributed by atoms with E-state index in [9.17, 15) is 4.79 Å². The second-order valence-corrected chi connectivity index (χ2v) is 6.61. The van der Waals surface area contributed by atoms with Gasteiger partial charge in [-0.1, -0.05) is 18.2 Å². The maximum absolute atomic E-state index is 12.8. The molecule has 2 N–H and O–H groups in total. The van der Waals surface area contributed by atoms with Gasteiger partial charge >= 0.3 is 0 Å². The van der Waals surface area contributed by atoms with Crippen molar-refractivity contribution in [3.8, 4) is 0 Å². The van der Waals surface area contributed by atoms with E-state index in [-0.39, 0.29) is 5.91 Å². The highest BCUT2D eigenvalue weighted by atomic mass is 16.1. The number of fused-ring (bicyclic) bond motifs is 2. The summed E-state index contributed by atoms with van der Waals surface area (Å²) in [5, 5.41) is 7.45. The van der Waals surface area contributed by atoms with Gasteiger partial charge in [0.15, 0.2) is 0 Å². The molecule has 25 heavy (non-hydrogen) atoms. The molecule has 1 aliphatic rings. The molecule has 2 aromatic heterocycles. The molecule has 128 valence electrons. The molecule has 5 nitrogen and oxygen atoms in total. The third kappa shape index (κ3) is 2.81. The van der Waals surface area contributed by atoms with E-state index in [1.54, 1.807) is 0 Å². The zero-order valence-electron chi connectivity index (χ0n) is 14.6. The first-order valence-electron chi connectivity index (χ1n) is 8.64. The number of para-hydroxylation sites is 1. The Hall–Kier alpha value is -2.66. The molecular formula is C20H22N4O. The first-order chi connectivity index (χ1) is 12.1. The Bertz CT molecular complexity index is 958. The molecule has 5 heteroatoms. The summed E-state index contributed by atoms with van der Waals surface area (Å²) >= 11 is 0. The maximum Gasteiger partial charge on any atom is 0.253 e. The number of rotatable bonds is 3. The zero-order chi connectivity index (χ0) is 17.4. The fraction of sp³-hybridized carbons (Fsp3) is 0.300. The smallest absolute Gasteiger partial charge is 0.253 e. The lowest BCUT2D eigenvalue weighted by Crippen LogP contribution is -2.28. The van der Waals surface area contributed by atoms with Crippen molar-refractivity contribution in [1.82, 2.24) is 20.2 Å². The van der Waals surface area contributed by atoms with Crippen LogP contribution in [0.2, 0.25) is 0 Å². The van der Waals surface area contributed by atoms with Gasteiger partial charge in [-0.15, -0.1) is 0 Å². The van der Waals surface area contributed by atoms with Gasteiger partial charge in [-0.05, 0) is 42.6 Å². The van der Waals surface area contributed by atoms with Gasteiger partial charge in [0.2, 0.25) is 0 Å². The normalized spacial score (nSPS) is 13.7. The average molecular weight is 334 g/mol. The largest absolute Gasteiger partial charge is 0.350 e. The molecule has 1 amide bonds. The minimum absolute atomic E-state index is 0.0391. The van der Waals surface area contributed by atoms with Crippen LogP contribution in [-0.4, -0.2) is 22.0 Å². The Morgan fingerprint density at radius 3 is 3.08 bits per heavy atom. The number of nitrogens with one attached hydrogen (secondary N) is 2. The number of amides is 1. The predicted octanol–water partition coefficient (Wildman–Crippen LogP) is 2.46. The third-order valence-electron chi connectivity index (χ3n) is 5.04. The third-order valence-corrected chi connectivity index (χ3v) is 5.04. The van der Waals surface area contributed by atoms with Gasteiger partial charge in [-0.25, -0.2) is 0 Å². The maximum atomic E-state index is 12.8. The van der Waals surface area contributed by atoms with E-state index >= 15 is 0 Å². The fourth-order valence-corrected chi connectivity index (χ4v) is 3.66. The molecule has 0 atom stereocenters. The number of carbonyl (C=O) groups excluding carboxylic acids is 1. The molecule has 3 heterocycles. The fourth-order valence-electron chi connectivity index (χ4n) is 3.66. The van der Waals surface area contributed by atoms with E-state index in [1.165, 1.54) is 11.1 Å². The number of aryl methyl sites for hydroxylation is 2. The Labute approximate surface area is 147 Å². The van der Waals surface area contributed by atoms with E-state index in [0.29, 0.717) is 6.54 Å². The van der Waals surface area contributed by atoms with E-state index < -0.39 is 0 Å². The molecule has 1 aliphatic heterocycles. The van der Waals surface area contributed by atoms with Gasteiger partial charge in [-0.3, -0.25) is 9.78 Å². The number of benzene rings is 1. The summed E-state index contributed by atoms with van der Waals surface area (Å²) in [6.07, 6.45) is 4.83. The summed E-state index contributed by atoms with van der Waals surface area (Å²) in [4.78, 5) is 17.3. The second kappa shape index (κ2) is 6.33. The highest BCUT2D eigenvalue weighted by molar-refractivity contribution is 6.06. The molecular weight excluding hydrogens is 312 g/mol. The molecule has 0 aliphatic carbocycles. The van der Waals surface area contributed by atoms with E-state index in [1.807, 2.05) is 55.2 Å². The van der Waals surface area contributed by atoms with Gasteiger partial charge in [-0.2, -0.15) is 0 Å². The number of hydrogen-bond donors (Lipinski definition) is 2. The number of hydrogen-bond acceptors (Lipinski definition) is 3. The van der Waals surface area contributed by atoms with Crippen LogP contribution in [0.1, 0.15) is 32.7 Å². The van der Waals surface area contributed by atoms with E-state index in [0.717, 1.165) is 47.2 Å². The van der Waals surface area contributed by atoms with Crippen LogP contribution in [0.5, 0.6) is 0 Å². The highest BCUT2D eigenvalue weighted by Gasteiger charge is 2.18. The lowest BCUT2D eigenvalue weighted by atomic mass is 9.96. The number of nitrogens with zero attached hydrogens (tertiary/aromatic N) is 2. The lowest BCUT2D eigenvalue weighted by Gasteiger charge is -2.21. The monoisotopic (exact) mass is 334 g/mol. The summed E-state index contributed by atoms with van der Waals surface area (Å²) in [6, 6.07) is 7.98. The van der Waals surface area contributed by atoms with Crippen molar-refractivity contribution in [2.24, 2.45) is 7.05 Å². The van der Waals surface area contributed by atoms with Gasteiger partial charge < -0.3 is 15.2 Å². The SMILES string of the molecule is Cc1ncc2c(c1CNC(=O)c1cn(C)c3ccccc13)CCNC2. The van der Waals surface area contributed by atoms with Gasteiger partial charge in [0.25, 0.3) is 5.91 Å². The van der Waals surface area contributed by atoms with Crippen molar-refractivity contribution in [2.45, 2.75) is 26.4 Å². The summed E-state index contributed by atoms with van der Waals surface area (Å²) in [5.41, 5.74) is 6.52. The van der Waals surface area contributed by atoms with Gasteiger partial charge in [0, 0.05) is 49.1 Å². The first-order valence-corrected chi connectivity index (χ1v) is 8.64. The summed E-state index contributed by atoms with van der Waals surface area (Å²) in [7, 11) is 1.97. The van der Waals surface area contributed by atoms with Crippen LogP contribution in [0.4, 0.5) is 0 Å². The van der Waals surface area contributed by atoms with Crippen molar-refractivity contribution in [3.63, 3.8) is 0 Å². The van der Waals surface area contributed by atoms with Gasteiger partial charge in [0.1, 0.15) is 0 Å². The average Bonchev–Trinajstić information content (AvgIpc) is 2.98. The topological polar surface area (TPSA) is 59.0 Å². The Kier molecular flexibility index (Phi) is 4.01. The molecule has 0 radical (unpaired) electrons. The molecule has 0 bridgehead atoms. The van der Waals surface area contributed by atoms with Gasteiger partial charge in [0.05, 0.1) is 5.56 Å². The van der Waals surface area contributed by atoms with Crippen LogP contribution >= 0.6 is 0 Å². The van der Waals surface area contributed by atoms with Crippen molar-refractivity contribution in [3.05, 3.63) is 64.6 Å². The summed E-state index contributed by atoms with van der Waals surface area (Å²) in [5.74, 6) is -0.0391. The van der Waals surface area contributed by atoms with E-state index in [2.05, 4.69) is 15.6 Å². The number of carbonyl (C=O) groups is 1. The van der Waals surface area contributed by atoms with Crippen LogP contribution < -0.4 is 10.6 Å². The molecule has 1 aromatic carbocycles. The molecule has 0 unspecified atom stereocenters. The molecule has 0 saturated heterocycles. The quantitative estimate of drug-likeness (QED) is 0.773. The zero-order valence-corrected chi connectivity index (χ0v) is 14.6. The van der Waals surface area contributed by atoms with Crippen molar-refractivity contribution in [2.75, 3.05) is 6.54 Å². The van der Waals surface area contributed by atoms with Crippen LogP contribution in [0.25, 0.3) is 10.9 Å². The van der Waals surface area contributed by atoms with Crippen LogP contribution in [0.15, 0.2) is 36.7 Å². The van der Waals surface area contributed by atoms with E-state index in [4.69, 9.17) is 0 Å². The first kappa shape index (κ1) is 15.8. The van der Waals surface area contributed by atoms with Crippen molar-refractivity contribution >= 4 is 16.8 Å².